The van der Waals surface area contributed by atoms with Crippen LogP contribution in [-0.4, -0.2) is 116 Å². The van der Waals surface area contributed by atoms with Crippen molar-refractivity contribution in [2.24, 2.45) is 22.2 Å². The van der Waals surface area contributed by atoms with E-state index in [4.69, 9.17) is 18.9 Å². The molecule has 3 aliphatic carbocycles. The fourth-order valence-electron chi connectivity index (χ4n) is 8.76. The number of ether oxygens (including phenoxy) is 4. The fraction of sp³-hybridized carbons (Fsp3) is 0.650. The molecule has 1 aromatic carbocycles. The van der Waals surface area contributed by atoms with Gasteiger partial charge in [0.05, 0.1) is 42.4 Å². The van der Waals surface area contributed by atoms with E-state index in [1.165, 1.54) is 32.1 Å². The van der Waals surface area contributed by atoms with E-state index < -0.39 is 101 Å². The number of Topliss-reactive ketones (excluding diaryl/α,β-unsaturated/α-hetero) is 1. The number of amides is 1. The predicted octanol–water partition coefficient (Wildman–Crippen LogP) is 2.53. The van der Waals surface area contributed by atoms with E-state index in [0.717, 1.165) is 0 Å². The molecule has 3 fully saturated rings. The quantitative estimate of drug-likeness (QED) is 0.126. The van der Waals surface area contributed by atoms with Crippen molar-refractivity contribution in [1.82, 2.24) is 5.32 Å². The van der Waals surface area contributed by atoms with Crippen LogP contribution in [0.1, 0.15) is 85.5 Å². The van der Waals surface area contributed by atoms with Crippen molar-refractivity contribution < 1.29 is 152 Å². The predicted molar refractivity (Wildman–Crippen MR) is 193 cm³/mol. The molecule has 14 nitrogen and oxygen atoms in total. The van der Waals surface area contributed by atoms with Crippen LogP contribution in [0.25, 0.3) is 0 Å². The van der Waals surface area contributed by atoms with E-state index >= 15 is 0 Å². The number of hydrogen-bond donors (Lipinski definition) is 6. The molecule has 2 bridgehead atoms. The van der Waals surface area contributed by atoms with E-state index in [0.29, 0.717) is 5.57 Å². The van der Waals surface area contributed by atoms with E-state index in [-0.39, 0.29) is 130 Å². The third-order valence-electron chi connectivity index (χ3n) is 11.9. The van der Waals surface area contributed by atoms with Crippen LogP contribution in [0.3, 0.4) is 0 Å². The molecule has 16 heteroatoms. The standard InChI is InChI=1S/C40H55NO13.2Ac/c1-20(2)15-23(41-35(48)52-18-36(4,5)6)28(43)34(47)53-24-17-40(50)32(54-33(46)22-13-11-10-12-14-22)30-38(9,25(42)16-26-39(30,49)19-51-26)31(45)29(44)27(21(24)3)37(40,7)8;;/h10-15,23-26,28-30,32,42-44,49-50H,16-19H2,1-9H3,(H,41,48);;/t23?,24?,25?,26?,28?,29?,30?,32?,38-,39?,40?;;/m1../s1. The Hall–Kier alpha value is -0.777. The minimum absolute atomic E-state index is 0. The number of carbonyl (C=O) groups excluding carboxylic acids is 4. The molecule has 1 saturated heterocycles. The average Bonchev–Trinajstić information content (AvgIpc) is 3.08. The van der Waals surface area contributed by atoms with Crippen molar-refractivity contribution in [3.8, 4) is 0 Å². The van der Waals surface area contributed by atoms with Gasteiger partial charge in [0.25, 0.3) is 0 Å². The van der Waals surface area contributed by atoms with Crippen LogP contribution in [0.15, 0.2) is 53.1 Å². The van der Waals surface area contributed by atoms with Gasteiger partial charge in [0.2, 0.25) is 0 Å². The Morgan fingerprint density at radius 2 is 1.64 bits per heavy atom. The van der Waals surface area contributed by atoms with Crippen LogP contribution < -0.4 is 5.32 Å². The first-order valence-electron chi connectivity index (χ1n) is 18.3. The first-order valence-corrected chi connectivity index (χ1v) is 18.3. The van der Waals surface area contributed by atoms with Gasteiger partial charge in [-0.25, -0.2) is 14.4 Å². The van der Waals surface area contributed by atoms with Gasteiger partial charge >= 0.3 is 18.0 Å². The van der Waals surface area contributed by atoms with Gasteiger partial charge in [-0.05, 0) is 56.4 Å². The molecule has 4 aliphatic rings. The Kier molecular flexibility index (Phi) is 16.0. The summed E-state index contributed by atoms with van der Waals surface area (Å²) in [7, 11) is 0. The summed E-state index contributed by atoms with van der Waals surface area (Å²) in [6, 6.07) is 6.60. The van der Waals surface area contributed by atoms with Gasteiger partial charge in [-0.1, -0.05) is 64.5 Å². The SMILES string of the molecule is CC(C)=CC(NC(=O)OCC(C)(C)C)C(O)C(=O)OC1CC2(O)C(OC(=O)c3ccccc3)C3C4(O)COC4CC(O)[C@@]3(C)C(=O)C(O)C(=C1C)C2(C)C.[Ac].[Ac]. The summed E-state index contributed by atoms with van der Waals surface area (Å²) in [5, 5.41) is 62.8. The zero-order valence-corrected chi connectivity index (χ0v) is 43.1. The third-order valence-corrected chi connectivity index (χ3v) is 11.9. The van der Waals surface area contributed by atoms with Gasteiger partial charge in [0.1, 0.15) is 29.5 Å². The van der Waals surface area contributed by atoms with Gasteiger partial charge < -0.3 is 49.8 Å². The Morgan fingerprint density at radius 3 is 2.18 bits per heavy atom. The third kappa shape index (κ3) is 8.97. The van der Waals surface area contributed by atoms with Crippen molar-refractivity contribution in [2.75, 3.05) is 13.2 Å². The average molecular weight is 1210 g/mol. The molecule has 304 valence electrons. The van der Waals surface area contributed by atoms with Gasteiger partial charge in [-0.2, -0.15) is 0 Å². The Labute approximate surface area is 399 Å². The topological polar surface area (TPSA) is 218 Å². The molecule has 0 spiro atoms. The maximum Gasteiger partial charge on any atom is 0.407 e. The van der Waals surface area contributed by atoms with E-state index in [9.17, 15) is 44.7 Å². The number of hydrogen-bond acceptors (Lipinski definition) is 13. The zero-order chi connectivity index (χ0) is 40.3. The van der Waals surface area contributed by atoms with Crippen LogP contribution >= 0.6 is 0 Å². The Balaban J connectivity index is 0.00000420. The summed E-state index contributed by atoms with van der Waals surface area (Å²) in [4.78, 5) is 55.0. The molecule has 5 rings (SSSR count). The Morgan fingerprint density at radius 1 is 1.04 bits per heavy atom. The van der Waals surface area contributed by atoms with Crippen molar-refractivity contribution in [2.45, 2.75) is 129 Å². The maximum absolute atomic E-state index is 14.6. The van der Waals surface area contributed by atoms with Gasteiger partial charge in [-0.15, -0.1) is 0 Å². The number of rotatable bonds is 8. The minimum Gasteiger partial charge on any atom is -0.456 e. The molecule has 11 atom stereocenters. The summed E-state index contributed by atoms with van der Waals surface area (Å²) in [6.45, 7) is 14.7. The number of ketones is 1. The molecule has 1 aromatic rings. The second-order valence-corrected chi connectivity index (χ2v) is 17.5. The van der Waals surface area contributed by atoms with Crippen molar-refractivity contribution >= 4 is 23.8 Å². The molecule has 1 aliphatic heterocycles. The number of nitrogens with one attached hydrogen (secondary N) is 1. The number of carbonyl (C=O) groups is 4. The molecule has 2 saturated carbocycles. The second-order valence-electron chi connectivity index (χ2n) is 17.5. The Bertz CT molecular complexity index is 1720. The van der Waals surface area contributed by atoms with Crippen LogP contribution in [0.2, 0.25) is 0 Å². The number of allylic oxidation sites excluding steroid dienone is 1. The fourth-order valence-corrected chi connectivity index (χ4v) is 8.76. The minimum atomic E-state index is -2.29. The molecule has 1 amide bonds. The number of fused-ring (bicyclic) bond motifs is 5. The smallest absolute Gasteiger partial charge is 0.407 e. The van der Waals surface area contributed by atoms with Crippen molar-refractivity contribution in [1.29, 1.82) is 0 Å². The summed E-state index contributed by atoms with van der Waals surface area (Å²) >= 11 is 0. The van der Waals surface area contributed by atoms with Gasteiger partial charge in [-0.3, -0.25) is 4.79 Å². The van der Waals surface area contributed by atoms with Gasteiger partial charge in [0.15, 0.2) is 11.9 Å². The molecule has 0 aromatic heterocycles. The number of aliphatic hydroxyl groups is 5. The molecule has 56 heavy (non-hydrogen) atoms. The number of benzene rings is 1. The van der Waals surface area contributed by atoms with E-state index in [2.05, 4.69) is 5.32 Å². The molecule has 6 N–H and O–H groups in total. The van der Waals surface area contributed by atoms with Crippen LogP contribution in [0.5, 0.6) is 0 Å². The summed E-state index contributed by atoms with van der Waals surface area (Å²) in [5.74, 6) is -4.51. The normalized spacial score (nSPS) is 34.1. The zero-order valence-electron chi connectivity index (χ0n) is 33.6. The largest absolute Gasteiger partial charge is 0.456 e. The summed E-state index contributed by atoms with van der Waals surface area (Å²) < 4.78 is 23.0. The number of esters is 2. The van der Waals surface area contributed by atoms with Crippen LogP contribution in [-0.2, 0) is 28.5 Å². The molecular weight excluding hydrogens is 1160 g/mol. The van der Waals surface area contributed by atoms with Crippen molar-refractivity contribution in [3.63, 3.8) is 0 Å². The maximum atomic E-state index is 14.6. The monoisotopic (exact) mass is 1210 g/mol. The van der Waals surface area contributed by atoms with E-state index in [1.54, 1.807) is 45.9 Å². The number of aliphatic hydroxyl groups excluding tert-OH is 3. The summed E-state index contributed by atoms with van der Waals surface area (Å²) in [6.07, 6.45) is -9.66. The van der Waals surface area contributed by atoms with Crippen LogP contribution in [0.4, 0.5) is 4.79 Å². The summed E-state index contributed by atoms with van der Waals surface area (Å²) in [5.41, 5.74) is -7.19. The second kappa shape index (κ2) is 18.1. The molecule has 10 unspecified atom stereocenters. The number of alkyl carbamates (subject to hydrolysis) is 1. The van der Waals surface area contributed by atoms with E-state index in [1.807, 2.05) is 20.8 Å². The van der Waals surface area contributed by atoms with Crippen LogP contribution in [0, 0.1) is 110 Å². The molecule has 1 heterocycles. The van der Waals surface area contributed by atoms with Gasteiger partial charge in [0, 0.05) is 112 Å². The molecule has 2 radical (unpaired) electrons. The first kappa shape index (κ1) is 49.6. The molecular formula is C40H55Ac2NO13. The van der Waals surface area contributed by atoms with Crippen molar-refractivity contribution in [3.05, 3.63) is 58.7 Å². The first-order chi connectivity index (χ1) is 24.9.